The van der Waals surface area contributed by atoms with E-state index < -0.39 is 12.0 Å². The molecule has 0 saturated carbocycles. The molecule has 0 spiro atoms. The molecule has 0 radical (unpaired) electrons. The molecule has 1 atom stereocenters. The van der Waals surface area contributed by atoms with Crippen LogP contribution in [0.15, 0.2) is 69.7 Å². The number of para-hydroxylation sites is 1. The summed E-state index contributed by atoms with van der Waals surface area (Å²) in [5.41, 5.74) is 2.88. The monoisotopic (exact) mass is 614 g/mol. The minimum atomic E-state index is -0.785. The second kappa shape index (κ2) is 12.2. The average Bonchev–Trinajstić information content (AvgIpc) is 3.76. The summed E-state index contributed by atoms with van der Waals surface area (Å²) in [5.74, 6) is 0.558. The first kappa shape index (κ1) is 29.4. The molecule has 2 aliphatic rings. The van der Waals surface area contributed by atoms with E-state index in [0.29, 0.717) is 32.1 Å². The molecule has 0 N–H and O–H groups in total. The summed E-state index contributed by atoms with van der Waals surface area (Å²) < 4.78 is 20.3. The Morgan fingerprint density at radius 1 is 1.07 bits per heavy atom. The van der Waals surface area contributed by atoms with Crippen LogP contribution in [0.3, 0.4) is 0 Å². The van der Waals surface area contributed by atoms with Gasteiger partial charge in [0.2, 0.25) is 5.91 Å². The standard InChI is InChI=1S/C33H34N4O6S/c1-5-43-32(40)29-20(2)34-33-37(30(29)21-12-13-25(41-3)26(16-21)42-4)31(39)27(44-33)17-22-18-36(24-11-7-6-10-23(22)24)19-28(38)35-14-8-9-15-35/h6-7,10-13,16-18,30H,5,8-9,14-15,19H2,1-4H3/b27-17+/t30-/m1/s1. The van der Waals surface area contributed by atoms with Gasteiger partial charge in [0.05, 0.1) is 42.7 Å². The molecule has 4 aromatic rings. The van der Waals surface area contributed by atoms with E-state index in [-0.39, 0.29) is 30.2 Å². The minimum Gasteiger partial charge on any atom is -0.493 e. The third kappa shape index (κ3) is 5.21. The topological polar surface area (TPSA) is 104 Å². The van der Waals surface area contributed by atoms with E-state index in [0.717, 1.165) is 42.4 Å². The second-order valence-electron chi connectivity index (χ2n) is 10.7. The zero-order valence-electron chi connectivity index (χ0n) is 25.2. The molecular formula is C33H34N4O6S. The Kier molecular flexibility index (Phi) is 8.13. The second-order valence-corrected chi connectivity index (χ2v) is 11.7. The van der Waals surface area contributed by atoms with Gasteiger partial charge in [0.25, 0.3) is 5.56 Å². The van der Waals surface area contributed by atoms with E-state index >= 15 is 0 Å². The van der Waals surface area contributed by atoms with Crippen LogP contribution in [0.25, 0.3) is 17.0 Å². The third-order valence-corrected chi connectivity index (χ3v) is 9.09. The Labute approximate surface area is 258 Å². The molecule has 0 bridgehead atoms. The van der Waals surface area contributed by atoms with E-state index in [1.54, 1.807) is 37.7 Å². The number of methoxy groups -OCH3 is 2. The number of rotatable bonds is 8. The van der Waals surface area contributed by atoms with Crippen LogP contribution in [-0.2, 0) is 20.9 Å². The van der Waals surface area contributed by atoms with Crippen LogP contribution in [0.1, 0.15) is 43.9 Å². The first-order valence-electron chi connectivity index (χ1n) is 14.6. The molecule has 6 rings (SSSR count). The maximum atomic E-state index is 14.2. The van der Waals surface area contributed by atoms with Crippen LogP contribution in [-0.4, -0.2) is 59.8 Å². The molecule has 11 heteroatoms. The number of hydrogen-bond donors (Lipinski definition) is 0. The highest BCUT2D eigenvalue weighted by Crippen LogP contribution is 2.36. The highest BCUT2D eigenvalue weighted by molar-refractivity contribution is 7.07. The normalized spacial score (nSPS) is 16.7. The van der Waals surface area contributed by atoms with Gasteiger partial charge in [-0.25, -0.2) is 9.79 Å². The van der Waals surface area contributed by atoms with Crippen molar-refractivity contribution in [1.29, 1.82) is 0 Å². The molecule has 228 valence electrons. The largest absolute Gasteiger partial charge is 0.493 e. The Balaban J connectivity index is 1.49. The number of amides is 1. The molecule has 0 aliphatic carbocycles. The lowest BCUT2D eigenvalue weighted by Crippen LogP contribution is -2.39. The number of allylic oxidation sites excluding steroid dienone is 1. The summed E-state index contributed by atoms with van der Waals surface area (Å²) in [6.07, 6.45) is 5.84. The Bertz CT molecular complexity index is 1980. The van der Waals surface area contributed by atoms with Crippen LogP contribution >= 0.6 is 11.3 Å². The van der Waals surface area contributed by atoms with Gasteiger partial charge in [0.15, 0.2) is 16.3 Å². The van der Waals surface area contributed by atoms with Gasteiger partial charge in [-0.3, -0.25) is 14.2 Å². The predicted molar refractivity (Wildman–Crippen MR) is 168 cm³/mol. The molecule has 2 aliphatic heterocycles. The highest BCUT2D eigenvalue weighted by Gasteiger charge is 2.34. The highest BCUT2D eigenvalue weighted by atomic mass is 32.1. The number of esters is 1. The quantitative estimate of drug-likeness (QED) is 0.282. The lowest BCUT2D eigenvalue weighted by Gasteiger charge is -2.25. The van der Waals surface area contributed by atoms with Gasteiger partial charge >= 0.3 is 5.97 Å². The van der Waals surface area contributed by atoms with Crippen molar-refractivity contribution in [2.75, 3.05) is 33.9 Å². The number of aromatic nitrogens is 2. The van der Waals surface area contributed by atoms with Gasteiger partial charge in [-0.15, -0.1) is 0 Å². The molecule has 1 fully saturated rings. The van der Waals surface area contributed by atoms with Gasteiger partial charge in [0, 0.05) is 35.8 Å². The van der Waals surface area contributed by atoms with Crippen LogP contribution < -0.4 is 24.4 Å². The van der Waals surface area contributed by atoms with Crippen molar-refractivity contribution in [2.24, 2.45) is 4.99 Å². The van der Waals surface area contributed by atoms with Crippen molar-refractivity contribution in [3.05, 3.63) is 90.7 Å². The van der Waals surface area contributed by atoms with Crippen molar-refractivity contribution >= 4 is 40.2 Å². The van der Waals surface area contributed by atoms with Crippen molar-refractivity contribution in [1.82, 2.24) is 14.0 Å². The molecule has 4 heterocycles. The molecule has 44 heavy (non-hydrogen) atoms. The van der Waals surface area contributed by atoms with Crippen LogP contribution in [0.4, 0.5) is 0 Å². The number of likely N-dealkylation sites (tertiary alicyclic amines) is 1. The fourth-order valence-electron chi connectivity index (χ4n) is 6.00. The van der Waals surface area contributed by atoms with Gasteiger partial charge in [-0.1, -0.05) is 35.6 Å². The lowest BCUT2D eigenvalue weighted by atomic mass is 9.95. The number of nitrogens with zero attached hydrogens (tertiary/aromatic N) is 4. The van der Waals surface area contributed by atoms with E-state index in [2.05, 4.69) is 4.99 Å². The summed E-state index contributed by atoms with van der Waals surface area (Å²) in [7, 11) is 3.09. The number of benzene rings is 2. The Hall–Kier alpha value is -4.64. The minimum absolute atomic E-state index is 0.0890. The maximum Gasteiger partial charge on any atom is 0.338 e. The summed E-state index contributed by atoms with van der Waals surface area (Å²) in [4.78, 5) is 47.5. The SMILES string of the molecule is CCOC(=O)C1=C(C)N=c2s/c(=C/c3cn(CC(=O)N4CCCC4)c4ccccc34)c(=O)n2[C@@H]1c1ccc(OC)c(OC)c1. The van der Waals surface area contributed by atoms with Crippen LogP contribution in [0.2, 0.25) is 0 Å². The number of carbonyl (C=O) groups excluding carboxylic acids is 2. The van der Waals surface area contributed by atoms with E-state index in [9.17, 15) is 14.4 Å². The maximum absolute atomic E-state index is 14.2. The van der Waals surface area contributed by atoms with Crippen molar-refractivity contribution in [3.63, 3.8) is 0 Å². The molecule has 2 aromatic carbocycles. The summed E-state index contributed by atoms with van der Waals surface area (Å²) in [6.45, 7) is 5.49. The fraction of sp³-hybridized carbons (Fsp3) is 0.333. The summed E-state index contributed by atoms with van der Waals surface area (Å²) in [5, 5.41) is 0.937. The number of thiazole rings is 1. The van der Waals surface area contributed by atoms with Gasteiger partial charge < -0.3 is 23.7 Å². The lowest BCUT2D eigenvalue weighted by molar-refractivity contribution is -0.139. The predicted octanol–water partition coefficient (Wildman–Crippen LogP) is 3.39. The molecule has 1 amide bonds. The molecule has 0 unspecified atom stereocenters. The number of ether oxygens (including phenoxy) is 3. The molecular weight excluding hydrogens is 580 g/mol. The van der Waals surface area contributed by atoms with Crippen LogP contribution in [0.5, 0.6) is 11.5 Å². The Morgan fingerprint density at radius 3 is 2.55 bits per heavy atom. The smallest absolute Gasteiger partial charge is 0.338 e. The number of hydrogen-bond acceptors (Lipinski definition) is 8. The van der Waals surface area contributed by atoms with Crippen molar-refractivity contribution in [2.45, 2.75) is 39.3 Å². The molecule has 1 saturated heterocycles. The zero-order valence-corrected chi connectivity index (χ0v) is 26.0. The van der Waals surface area contributed by atoms with E-state index in [4.69, 9.17) is 14.2 Å². The molecule has 10 nitrogen and oxygen atoms in total. The van der Waals surface area contributed by atoms with Gasteiger partial charge in [0.1, 0.15) is 6.54 Å². The first-order valence-corrected chi connectivity index (χ1v) is 15.4. The Morgan fingerprint density at radius 2 is 1.82 bits per heavy atom. The van der Waals surface area contributed by atoms with Crippen molar-refractivity contribution < 1.29 is 23.8 Å². The molecule has 2 aromatic heterocycles. The number of carbonyl (C=O) groups is 2. The summed E-state index contributed by atoms with van der Waals surface area (Å²) in [6, 6.07) is 12.4. The third-order valence-electron chi connectivity index (χ3n) is 8.11. The zero-order chi connectivity index (χ0) is 31.0. The van der Waals surface area contributed by atoms with Gasteiger partial charge in [-0.2, -0.15) is 0 Å². The van der Waals surface area contributed by atoms with Gasteiger partial charge in [-0.05, 0) is 56.5 Å². The van der Waals surface area contributed by atoms with Crippen LogP contribution in [0, 0.1) is 0 Å². The number of fused-ring (bicyclic) bond motifs is 2. The van der Waals surface area contributed by atoms with E-state index in [1.165, 1.54) is 18.4 Å². The van der Waals surface area contributed by atoms with Crippen molar-refractivity contribution in [3.8, 4) is 11.5 Å². The van der Waals surface area contributed by atoms with E-state index in [1.807, 2.05) is 52.1 Å². The summed E-state index contributed by atoms with van der Waals surface area (Å²) >= 11 is 1.26. The average molecular weight is 615 g/mol. The fourth-order valence-corrected chi connectivity index (χ4v) is 7.04. The first-order chi connectivity index (χ1) is 21.3.